The van der Waals surface area contributed by atoms with Gasteiger partial charge in [-0.25, -0.2) is 4.79 Å². The van der Waals surface area contributed by atoms with E-state index in [2.05, 4.69) is 5.32 Å². The quantitative estimate of drug-likeness (QED) is 0.842. The highest BCUT2D eigenvalue weighted by Crippen LogP contribution is 2.39. The zero-order valence-corrected chi connectivity index (χ0v) is 16.5. The van der Waals surface area contributed by atoms with Crippen molar-refractivity contribution in [1.82, 2.24) is 10.2 Å². The molecule has 1 aliphatic heterocycles. The molecule has 6 nitrogen and oxygen atoms in total. The number of amides is 2. The average Bonchev–Trinajstić information content (AvgIpc) is 2.65. The van der Waals surface area contributed by atoms with E-state index >= 15 is 0 Å². The average molecular weight is 376 g/mol. The van der Waals surface area contributed by atoms with Gasteiger partial charge in [-0.15, -0.1) is 0 Å². The zero-order valence-electron chi connectivity index (χ0n) is 16.5. The van der Waals surface area contributed by atoms with Crippen molar-refractivity contribution in [3.63, 3.8) is 0 Å². The molecule has 1 aromatic rings. The minimum absolute atomic E-state index is 0.119. The molecule has 27 heavy (non-hydrogen) atoms. The maximum atomic E-state index is 12.7. The van der Waals surface area contributed by atoms with Gasteiger partial charge in [0, 0.05) is 17.7 Å². The van der Waals surface area contributed by atoms with Crippen LogP contribution in [0.4, 0.5) is 4.79 Å². The fraction of sp³-hybridized carbons (Fsp3) is 0.667. The van der Waals surface area contributed by atoms with Crippen LogP contribution in [0.5, 0.6) is 11.5 Å². The van der Waals surface area contributed by atoms with E-state index in [1.807, 2.05) is 6.07 Å². The van der Waals surface area contributed by atoms with Gasteiger partial charge < -0.3 is 24.8 Å². The van der Waals surface area contributed by atoms with Gasteiger partial charge in [0.25, 0.3) is 0 Å². The van der Waals surface area contributed by atoms with Crippen LogP contribution in [0.3, 0.4) is 0 Å². The van der Waals surface area contributed by atoms with Crippen LogP contribution >= 0.6 is 0 Å². The second kappa shape index (κ2) is 9.31. The monoisotopic (exact) mass is 376 g/mol. The summed E-state index contributed by atoms with van der Waals surface area (Å²) in [5, 5.41) is 13.7. The van der Waals surface area contributed by atoms with Crippen LogP contribution in [-0.2, 0) is 6.54 Å². The van der Waals surface area contributed by atoms with E-state index in [-0.39, 0.29) is 12.6 Å². The molecule has 1 atom stereocenters. The Morgan fingerprint density at radius 3 is 2.41 bits per heavy atom. The SMILES string of the molecule is COc1ccc(OC)c2c1CN(C(=O)NCC1CCCCCCC1)C[C@@H]2O. The van der Waals surface area contributed by atoms with Gasteiger partial charge in [-0.3, -0.25) is 0 Å². The summed E-state index contributed by atoms with van der Waals surface area (Å²) in [7, 11) is 3.19. The third-order valence-corrected chi connectivity index (χ3v) is 5.84. The molecule has 1 aliphatic carbocycles. The second-order valence-corrected chi connectivity index (χ2v) is 7.66. The van der Waals surface area contributed by atoms with Crippen molar-refractivity contribution < 1.29 is 19.4 Å². The number of aliphatic hydroxyl groups is 1. The molecule has 0 spiro atoms. The third kappa shape index (κ3) is 4.67. The number of aliphatic hydroxyl groups excluding tert-OH is 1. The van der Waals surface area contributed by atoms with Crippen molar-refractivity contribution in [2.45, 2.75) is 57.6 Å². The van der Waals surface area contributed by atoms with Gasteiger partial charge in [0.15, 0.2) is 0 Å². The first kappa shape index (κ1) is 19.8. The van der Waals surface area contributed by atoms with Crippen LogP contribution < -0.4 is 14.8 Å². The molecular weight excluding hydrogens is 344 g/mol. The summed E-state index contributed by atoms with van der Waals surface area (Å²) in [5.41, 5.74) is 1.54. The van der Waals surface area contributed by atoms with Gasteiger partial charge in [-0.05, 0) is 30.9 Å². The zero-order chi connectivity index (χ0) is 19.2. The minimum Gasteiger partial charge on any atom is -0.496 e. The number of fused-ring (bicyclic) bond motifs is 1. The highest BCUT2D eigenvalue weighted by molar-refractivity contribution is 5.75. The van der Waals surface area contributed by atoms with Crippen molar-refractivity contribution in [1.29, 1.82) is 0 Å². The minimum atomic E-state index is -0.786. The number of hydrogen-bond donors (Lipinski definition) is 2. The first-order chi connectivity index (χ1) is 13.1. The Hall–Kier alpha value is -1.95. The second-order valence-electron chi connectivity index (χ2n) is 7.66. The molecular formula is C21H32N2O4. The summed E-state index contributed by atoms with van der Waals surface area (Å²) in [6, 6.07) is 3.50. The van der Waals surface area contributed by atoms with Crippen LogP contribution in [0, 0.1) is 5.92 Å². The molecule has 6 heteroatoms. The first-order valence-corrected chi connectivity index (χ1v) is 10.1. The van der Waals surface area contributed by atoms with Gasteiger partial charge in [-0.1, -0.05) is 32.1 Å². The number of carbonyl (C=O) groups is 1. The molecule has 1 heterocycles. The Labute approximate surface area is 161 Å². The van der Waals surface area contributed by atoms with Crippen molar-refractivity contribution in [2.75, 3.05) is 27.3 Å². The maximum Gasteiger partial charge on any atom is 0.317 e. The van der Waals surface area contributed by atoms with Crippen LogP contribution in [0.15, 0.2) is 12.1 Å². The lowest BCUT2D eigenvalue weighted by molar-refractivity contribution is 0.1000. The lowest BCUT2D eigenvalue weighted by atomic mass is 9.91. The van der Waals surface area contributed by atoms with E-state index in [0.717, 1.165) is 11.1 Å². The number of β-amino-alcohol motifs (C(OH)–C–C–N with tert-alkyl or cyclic N) is 1. The van der Waals surface area contributed by atoms with E-state index in [0.29, 0.717) is 30.5 Å². The van der Waals surface area contributed by atoms with Crippen molar-refractivity contribution in [3.05, 3.63) is 23.3 Å². The molecule has 1 aromatic carbocycles. The van der Waals surface area contributed by atoms with Crippen molar-refractivity contribution in [2.24, 2.45) is 5.92 Å². The molecule has 2 aliphatic rings. The molecule has 2 N–H and O–H groups in total. The van der Waals surface area contributed by atoms with Crippen molar-refractivity contribution in [3.8, 4) is 11.5 Å². The topological polar surface area (TPSA) is 71.0 Å². The smallest absolute Gasteiger partial charge is 0.317 e. The summed E-state index contributed by atoms with van der Waals surface area (Å²) in [6.45, 7) is 1.38. The number of hydrogen-bond acceptors (Lipinski definition) is 4. The lowest BCUT2D eigenvalue weighted by Crippen LogP contribution is -2.45. The van der Waals surface area contributed by atoms with Crippen LogP contribution in [0.25, 0.3) is 0 Å². The summed E-state index contributed by atoms with van der Waals surface area (Å²) >= 11 is 0. The number of nitrogens with one attached hydrogen (secondary N) is 1. The number of urea groups is 1. The van der Waals surface area contributed by atoms with E-state index < -0.39 is 6.10 Å². The summed E-state index contributed by atoms with van der Waals surface area (Å²) in [5.74, 6) is 1.86. The number of rotatable bonds is 4. The van der Waals surface area contributed by atoms with E-state index in [1.54, 1.807) is 25.2 Å². The molecule has 1 saturated carbocycles. The molecule has 3 rings (SSSR count). The Morgan fingerprint density at radius 2 is 1.74 bits per heavy atom. The fourth-order valence-corrected chi connectivity index (χ4v) is 4.32. The molecule has 0 radical (unpaired) electrons. The van der Waals surface area contributed by atoms with E-state index in [9.17, 15) is 9.90 Å². The molecule has 0 aromatic heterocycles. The standard InChI is InChI=1S/C21H32N2O4/c1-26-18-10-11-19(27-2)20-16(18)13-23(14-17(20)24)21(25)22-12-15-8-6-4-3-5-7-9-15/h10-11,15,17,24H,3-9,12-14H2,1-2H3,(H,22,25)/t17-/m0/s1. The van der Waals surface area contributed by atoms with E-state index in [1.165, 1.54) is 44.9 Å². The van der Waals surface area contributed by atoms with Crippen LogP contribution in [-0.4, -0.2) is 43.3 Å². The maximum absolute atomic E-state index is 12.7. The van der Waals surface area contributed by atoms with E-state index in [4.69, 9.17) is 9.47 Å². The van der Waals surface area contributed by atoms with Crippen LogP contribution in [0.1, 0.15) is 62.2 Å². The first-order valence-electron chi connectivity index (χ1n) is 10.1. The van der Waals surface area contributed by atoms with Crippen molar-refractivity contribution >= 4 is 6.03 Å². The van der Waals surface area contributed by atoms with Gasteiger partial charge in [0.2, 0.25) is 0 Å². The number of ether oxygens (including phenoxy) is 2. The molecule has 0 unspecified atom stereocenters. The third-order valence-electron chi connectivity index (χ3n) is 5.84. The number of nitrogens with zero attached hydrogens (tertiary/aromatic N) is 1. The van der Waals surface area contributed by atoms with Gasteiger partial charge in [0.1, 0.15) is 17.6 Å². The molecule has 2 amide bonds. The summed E-state index contributed by atoms with van der Waals surface area (Å²) in [4.78, 5) is 14.4. The highest BCUT2D eigenvalue weighted by atomic mass is 16.5. The predicted molar refractivity (Wildman–Crippen MR) is 104 cm³/mol. The Balaban J connectivity index is 1.65. The predicted octanol–water partition coefficient (Wildman–Crippen LogP) is 3.62. The molecule has 0 bridgehead atoms. The van der Waals surface area contributed by atoms with Gasteiger partial charge in [0.05, 0.1) is 27.3 Å². The van der Waals surface area contributed by atoms with Crippen LogP contribution in [0.2, 0.25) is 0 Å². The van der Waals surface area contributed by atoms with Gasteiger partial charge in [-0.2, -0.15) is 0 Å². The Kier molecular flexibility index (Phi) is 6.83. The largest absolute Gasteiger partial charge is 0.496 e. The number of benzene rings is 1. The summed E-state index contributed by atoms with van der Waals surface area (Å²) < 4.78 is 10.8. The number of methoxy groups -OCH3 is 2. The fourth-order valence-electron chi connectivity index (χ4n) is 4.32. The number of carbonyl (C=O) groups excluding carboxylic acids is 1. The highest BCUT2D eigenvalue weighted by Gasteiger charge is 2.32. The Bertz CT molecular complexity index is 641. The summed E-state index contributed by atoms with van der Waals surface area (Å²) in [6.07, 6.45) is 8.07. The molecule has 0 saturated heterocycles. The molecule has 1 fully saturated rings. The van der Waals surface area contributed by atoms with Gasteiger partial charge >= 0.3 is 6.03 Å². The molecule has 150 valence electrons. The normalized spacial score (nSPS) is 21.0. The lowest BCUT2D eigenvalue weighted by Gasteiger charge is -2.34. The Morgan fingerprint density at radius 1 is 1.11 bits per heavy atom.